The molecule has 1 unspecified atom stereocenters. The van der Waals surface area contributed by atoms with Crippen LogP contribution in [-0.2, 0) is 26.1 Å². The molecule has 0 bridgehead atoms. The fourth-order valence-electron chi connectivity index (χ4n) is 2.58. The minimum atomic E-state index is -3.33. The van der Waals surface area contributed by atoms with Gasteiger partial charge in [0, 0.05) is 19.6 Å². The van der Waals surface area contributed by atoms with Crippen LogP contribution in [0.25, 0.3) is 0 Å². The maximum atomic E-state index is 12.4. The van der Waals surface area contributed by atoms with Crippen LogP contribution in [0.4, 0.5) is 0 Å². The molecule has 0 spiro atoms. The van der Waals surface area contributed by atoms with Gasteiger partial charge in [0.25, 0.3) is 0 Å². The lowest BCUT2D eigenvalue weighted by atomic mass is 10.1. The highest BCUT2D eigenvalue weighted by Crippen LogP contribution is 2.13. The molecule has 1 saturated heterocycles. The van der Waals surface area contributed by atoms with Crippen LogP contribution in [0.15, 0.2) is 30.3 Å². The van der Waals surface area contributed by atoms with Crippen LogP contribution in [0.5, 0.6) is 0 Å². The van der Waals surface area contributed by atoms with Gasteiger partial charge in [-0.2, -0.15) is 4.31 Å². The number of sulfonamides is 1. The Morgan fingerprint density at radius 2 is 2.08 bits per heavy atom. The van der Waals surface area contributed by atoms with Crippen molar-refractivity contribution < 1.29 is 17.9 Å². The van der Waals surface area contributed by atoms with E-state index in [1.54, 1.807) is 0 Å². The number of hydrogen-bond donors (Lipinski definition) is 1. The molecule has 1 aromatic carbocycles. The maximum absolute atomic E-state index is 12.4. The molecule has 0 saturated carbocycles. The summed E-state index contributed by atoms with van der Waals surface area (Å²) in [5.41, 5.74) is 1.01. The molecular formula is C17H26N2O4S. The standard InChI is InChI=1S/C17H26N2O4S/c1-2-3-11-24(21,22)19-9-10-23-14-16(13-19)17(20)18-12-15-7-5-4-6-8-15/h4-8,16H,2-3,9-14H2,1H3,(H,18,20). The van der Waals surface area contributed by atoms with Crippen molar-refractivity contribution in [1.29, 1.82) is 0 Å². The molecule has 1 N–H and O–H groups in total. The van der Waals surface area contributed by atoms with Crippen molar-refractivity contribution in [2.24, 2.45) is 5.92 Å². The zero-order valence-electron chi connectivity index (χ0n) is 14.1. The number of nitrogens with one attached hydrogen (secondary N) is 1. The molecule has 1 aliphatic rings. The molecule has 7 heteroatoms. The van der Waals surface area contributed by atoms with Crippen molar-refractivity contribution in [3.63, 3.8) is 0 Å². The predicted octanol–water partition coefficient (Wildman–Crippen LogP) is 1.38. The van der Waals surface area contributed by atoms with Crippen LogP contribution in [0, 0.1) is 5.92 Å². The summed E-state index contributed by atoms with van der Waals surface area (Å²) in [4.78, 5) is 12.4. The van der Waals surface area contributed by atoms with Crippen molar-refractivity contribution in [1.82, 2.24) is 9.62 Å². The average Bonchev–Trinajstić information content (AvgIpc) is 2.86. The first-order valence-electron chi connectivity index (χ1n) is 8.40. The molecule has 1 aliphatic heterocycles. The fourth-order valence-corrected chi connectivity index (χ4v) is 4.25. The average molecular weight is 354 g/mol. The highest BCUT2D eigenvalue weighted by Gasteiger charge is 2.30. The van der Waals surface area contributed by atoms with Gasteiger partial charge in [0.2, 0.25) is 15.9 Å². The van der Waals surface area contributed by atoms with Gasteiger partial charge in [-0.25, -0.2) is 8.42 Å². The molecule has 0 radical (unpaired) electrons. The smallest absolute Gasteiger partial charge is 0.227 e. The first-order valence-corrected chi connectivity index (χ1v) is 10.0. The summed E-state index contributed by atoms with van der Waals surface area (Å²) in [6.45, 7) is 3.47. The Kier molecular flexibility index (Phi) is 7.20. The predicted molar refractivity (Wildman–Crippen MR) is 92.9 cm³/mol. The van der Waals surface area contributed by atoms with Crippen molar-refractivity contribution in [3.8, 4) is 0 Å². The van der Waals surface area contributed by atoms with Gasteiger partial charge in [-0.3, -0.25) is 4.79 Å². The van der Waals surface area contributed by atoms with E-state index in [2.05, 4.69) is 5.32 Å². The molecule has 24 heavy (non-hydrogen) atoms. The monoisotopic (exact) mass is 354 g/mol. The van der Waals surface area contributed by atoms with Crippen LogP contribution in [-0.4, -0.2) is 50.7 Å². The molecule has 1 atom stereocenters. The van der Waals surface area contributed by atoms with Gasteiger partial charge in [0.1, 0.15) is 0 Å². The maximum Gasteiger partial charge on any atom is 0.227 e. The minimum absolute atomic E-state index is 0.127. The number of hydrogen-bond acceptors (Lipinski definition) is 4. The van der Waals surface area contributed by atoms with Gasteiger partial charge in [0.15, 0.2) is 0 Å². The lowest BCUT2D eigenvalue weighted by molar-refractivity contribution is -0.126. The van der Waals surface area contributed by atoms with Gasteiger partial charge >= 0.3 is 0 Å². The molecular weight excluding hydrogens is 328 g/mol. The zero-order chi connectivity index (χ0) is 17.4. The van der Waals surface area contributed by atoms with Crippen LogP contribution >= 0.6 is 0 Å². The number of nitrogens with zero attached hydrogens (tertiary/aromatic N) is 1. The highest BCUT2D eigenvalue weighted by atomic mass is 32.2. The fraction of sp³-hybridized carbons (Fsp3) is 0.588. The van der Waals surface area contributed by atoms with Gasteiger partial charge in [-0.1, -0.05) is 43.7 Å². The summed E-state index contributed by atoms with van der Waals surface area (Å²) in [5, 5.41) is 2.87. The quantitative estimate of drug-likeness (QED) is 0.803. The van der Waals surface area contributed by atoms with E-state index >= 15 is 0 Å². The summed E-state index contributed by atoms with van der Waals surface area (Å²) in [6, 6.07) is 9.62. The zero-order valence-corrected chi connectivity index (χ0v) is 14.9. The second kappa shape index (κ2) is 9.15. The topological polar surface area (TPSA) is 75.7 Å². The van der Waals surface area contributed by atoms with Gasteiger partial charge in [0.05, 0.1) is 24.9 Å². The van der Waals surface area contributed by atoms with Crippen molar-refractivity contribution in [3.05, 3.63) is 35.9 Å². The van der Waals surface area contributed by atoms with E-state index in [0.717, 1.165) is 12.0 Å². The number of ether oxygens (including phenoxy) is 1. The SMILES string of the molecule is CCCCS(=O)(=O)N1CCOCC(C(=O)NCc2ccccc2)C1. The molecule has 1 aromatic rings. The molecule has 1 heterocycles. The van der Waals surface area contributed by atoms with Crippen molar-refractivity contribution >= 4 is 15.9 Å². The highest BCUT2D eigenvalue weighted by molar-refractivity contribution is 7.89. The number of unbranched alkanes of at least 4 members (excludes halogenated alkanes) is 1. The summed E-state index contributed by atoms with van der Waals surface area (Å²) < 4.78 is 31.6. The Bertz CT molecular complexity index is 619. The van der Waals surface area contributed by atoms with E-state index in [4.69, 9.17) is 4.74 Å². The summed E-state index contributed by atoms with van der Waals surface area (Å²) in [6.07, 6.45) is 1.45. The number of carbonyl (C=O) groups is 1. The Morgan fingerprint density at radius 3 is 2.79 bits per heavy atom. The van der Waals surface area contributed by atoms with Crippen LogP contribution in [0.1, 0.15) is 25.3 Å². The second-order valence-corrected chi connectivity index (χ2v) is 8.09. The Hall–Kier alpha value is -1.44. The van der Waals surface area contributed by atoms with E-state index in [0.29, 0.717) is 26.1 Å². The lowest BCUT2D eigenvalue weighted by Gasteiger charge is -2.22. The molecule has 0 aromatic heterocycles. The van der Waals surface area contributed by atoms with E-state index in [1.165, 1.54) is 4.31 Å². The van der Waals surface area contributed by atoms with E-state index in [9.17, 15) is 13.2 Å². The van der Waals surface area contributed by atoms with E-state index < -0.39 is 15.9 Å². The third-order valence-electron chi connectivity index (χ3n) is 4.06. The van der Waals surface area contributed by atoms with Crippen molar-refractivity contribution in [2.75, 3.05) is 32.1 Å². The first-order chi connectivity index (χ1) is 11.5. The van der Waals surface area contributed by atoms with E-state index in [1.807, 2.05) is 37.3 Å². The number of benzene rings is 1. The largest absolute Gasteiger partial charge is 0.379 e. The molecule has 1 fully saturated rings. The minimum Gasteiger partial charge on any atom is -0.379 e. The summed E-state index contributed by atoms with van der Waals surface area (Å²) in [5.74, 6) is -0.522. The Balaban J connectivity index is 1.94. The number of carbonyl (C=O) groups excluding carboxylic acids is 1. The molecule has 134 valence electrons. The normalized spacial score (nSPS) is 19.6. The number of rotatable bonds is 7. The van der Waals surface area contributed by atoms with Crippen molar-refractivity contribution in [2.45, 2.75) is 26.3 Å². The third kappa shape index (κ3) is 5.58. The second-order valence-electron chi connectivity index (χ2n) is 6.00. The number of amides is 1. The molecule has 1 amide bonds. The van der Waals surface area contributed by atoms with Gasteiger partial charge in [-0.05, 0) is 12.0 Å². The third-order valence-corrected chi connectivity index (χ3v) is 5.98. The summed E-state index contributed by atoms with van der Waals surface area (Å²) >= 11 is 0. The lowest BCUT2D eigenvalue weighted by Crippen LogP contribution is -2.42. The van der Waals surface area contributed by atoms with Gasteiger partial charge in [-0.15, -0.1) is 0 Å². The first kappa shape index (κ1) is 18.9. The summed E-state index contributed by atoms with van der Waals surface area (Å²) in [7, 11) is -3.33. The van der Waals surface area contributed by atoms with Crippen LogP contribution < -0.4 is 5.32 Å². The van der Waals surface area contributed by atoms with Gasteiger partial charge < -0.3 is 10.1 Å². The Labute approximate surface area is 144 Å². The molecule has 2 rings (SSSR count). The molecule has 0 aliphatic carbocycles. The Morgan fingerprint density at radius 1 is 1.33 bits per heavy atom. The molecule has 6 nitrogen and oxygen atoms in total. The van der Waals surface area contributed by atoms with Crippen LogP contribution in [0.2, 0.25) is 0 Å². The van der Waals surface area contributed by atoms with E-state index in [-0.39, 0.29) is 24.8 Å². The van der Waals surface area contributed by atoms with Crippen LogP contribution in [0.3, 0.4) is 0 Å².